The fraction of sp³-hybridized carbons (Fsp3) is 0.333. The lowest BCUT2D eigenvalue weighted by molar-refractivity contribution is -0.136. The van der Waals surface area contributed by atoms with Gasteiger partial charge in [0.15, 0.2) is 0 Å². The van der Waals surface area contributed by atoms with Crippen molar-refractivity contribution in [3.8, 4) is 5.75 Å². The van der Waals surface area contributed by atoms with Gasteiger partial charge in [0.2, 0.25) is 0 Å². The fourth-order valence-electron chi connectivity index (χ4n) is 0.989. The van der Waals surface area contributed by atoms with Crippen LogP contribution in [0, 0.1) is 0 Å². The summed E-state index contributed by atoms with van der Waals surface area (Å²) in [7, 11) is 1.50. The molecule has 0 unspecified atom stereocenters. The largest absolute Gasteiger partial charge is 0.495 e. The summed E-state index contributed by atoms with van der Waals surface area (Å²) in [5.41, 5.74) is 0.661. The number of hydrogen-bond donors (Lipinski definition) is 1. The number of carboxylic acid groups (broad SMARTS) is 1. The van der Waals surface area contributed by atoms with Gasteiger partial charge in [-0.15, -0.1) is 0 Å². The van der Waals surface area contributed by atoms with Crippen LogP contribution in [0.25, 0.3) is 0 Å². The predicted molar refractivity (Wildman–Crippen MR) is 51.8 cm³/mol. The Kier molecular flexibility index (Phi) is 3.71. The van der Waals surface area contributed by atoms with E-state index in [2.05, 4.69) is 4.98 Å². The molecule has 1 aromatic rings. The molecular weight excluding hydrogens is 206 g/mol. The van der Waals surface area contributed by atoms with E-state index in [0.29, 0.717) is 22.9 Å². The molecule has 0 aliphatic rings. The molecule has 0 saturated carbocycles. The molecule has 0 aliphatic carbocycles. The molecule has 0 fully saturated rings. The summed E-state index contributed by atoms with van der Waals surface area (Å²) in [4.78, 5) is 14.3. The van der Waals surface area contributed by atoms with Crippen molar-refractivity contribution in [2.75, 3.05) is 7.11 Å². The second-order valence-corrected chi connectivity index (χ2v) is 3.11. The van der Waals surface area contributed by atoms with Crippen molar-refractivity contribution in [1.29, 1.82) is 0 Å². The molecule has 0 aliphatic heterocycles. The molecule has 0 amide bonds. The van der Waals surface area contributed by atoms with E-state index in [1.165, 1.54) is 13.3 Å². The normalized spacial score (nSPS) is 9.86. The quantitative estimate of drug-likeness (QED) is 0.832. The monoisotopic (exact) mass is 215 g/mol. The number of ether oxygens (including phenoxy) is 1. The van der Waals surface area contributed by atoms with E-state index < -0.39 is 5.97 Å². The van der Waals surface area contributed by atoms with E-state index in [4.69, 9.17) is 21.4 Å². The number of nitrogens with zero attached hydrogens (tertiary/aromatic N) is 1. The van der Waals surface area contributed by atoms with Gasteiger partial charge in [-0.25, -0.2) is 0 Å². The fourth-order valence-corrected chi connectivity index (χ4v) is 1.17. The summed E-state index contributed by atoms with van der Waals surface area (Å²) < 4.78 is 4.97. The average molecular weight is 216 g/mol. The Balaban J connectivity index is 2.74. The highest BCUT2D eigenvalue weighted by molar-refractivity contribution is 6.31. The van der Waals surface area contributed by atoms with Gasteiger partial charge in [-0.1, -0.05) is 11.6 Å². The number of pyridine rings is 1. The van der Waals surface area contributed by atoms with Crippen molar-refractivity contribution in [3.63, 3.8) is 0 Å². The van der Waals surface area contributed by atoms with Crippen molar-refractivity contribution in [2.24, 2.45) is 0 Å². The van der Waals surface area contributed by atoms with Gasteiger partial charge in [0, 0.05) is 24.4 Å². The van der Waals surface area contributed by atoms with Gasteiger partial charge in [0.1, 0.15) is 10.8 Å². The van der Waals surface area contributed by atoms with Crippen molar-refractivity contribution < 1.29 is 14.6 Å². The van der Waals surface area contributed by atoms with Crippen LogP contribution < -0.4 is 4.74 Å². The first-order valence-electron chi connectivity index (χ1n) is 4.03. The molecular formula is C9H10ClNO3. The molecule has 0 radical (unpaired) electrons. The first-order chi connectivity index (χ1) is 6.63. The maximum Gasteiger partial charge on any atom is 0.303 e. The molecule has 0 saturated heterocycles. The van der Waals surface area contributed by atoms with Gasteiger partial charge in [-0.2, -0.15) is 0 Å². The maximum atomic E-state index is 10.3. The minimum Gasteiger partial charge on any atom is -0.495 e. The highest BCUT2D eigenvalue weighted by Crippen LogP contribution is 2.23. The molecule has 0 bridgehead atoms. The van der Waals surface area contributed by atoms with Crippen LogP contribution in [0.5, 0.6) is 5.75 Å². The lowest BCUT2D eigenvalue weighted by Gasteiger charge is -2.04. The van der Waals surface area contributed by atoms with Gasteiger partial charge in [0.25, 0.3) is 0 Å². The van der Waals surface area contributed by atoms with Crippen molar-refractivity contribution in [1.82, 2.24) is 4.98 Å². The van der Waals surface area contributed by atoms with Gasteiger partial charge in [-0.3, -0.25) is 9.78 Å². The molecule has 1 aromatic heterocycles. The number of methoxy groups -OCH3 is 1. The summed E-state index contributed by atoms with van der Waals surface area (Å²) in [6.07, 6.45) is 1.89. The van der Waals surface area contributed by atoms with Crippen molar-refractivity contribution in [3.05, 3.63) is 23.0 Å². The van der Waals surface area contributed by atoms with Crippen LogP contribution in [0.3, 0.4) is 0 Å². The third-order valence-electron chi connectivity index (χ3n) is 1.69. The van der Waals surface area contributed by atoms with Crippen LogP contribution in [0.2, 0.25) is 5.02 Å². The zero-order valence-corrected chi connectivity index (χ0v) is 8.41. The number of carbonyl (C=O) groups is 1. The Hall–Kier alpha value is -1.29. The smallest absolute Gasteiger partial charge is 0.303 e. The second-order valence-electron chi connectivity index (χ2n) is 2.70. The van der Waals surface area contributed by atoms with Crippen molar-refractivity contribution in [2.45, 2.75) is 12.8 Å². The third kappa shape index (κ3) is 2.88. The standard InChI is InChI=1S/C9H10ClNO3/c1-14-8-4-6(2-3-9(12)13)11-5-7(8)10/h4-5H,2-3H2,1H3,(H,12,13). The van der Waals surface area contributed by atoms with E-state index in [9.17, 15) is 4.79 Å². The molecule has 1 rings (SSSR count). The third-order valence-corrected chi connectivity index (χ3v) is 1.98. The topological polar surface area (TPSA) is 59.4 Å². The molecule has 1 heterocycles. The van der Waals surface area contributed by atoms with E-state index in [-0.39, 0.29) is 6.42 Å². The van der Waals surface area contributed by atoms with Crippen LogP contribution in [-0.2, 0) is 11.2 Å². The summed E-state index contributed by atoms with van der Waals surface area (Å²) in [6, 6.07) is 1.64. The number of aryl methyl sites for hydroxylation is 1. The molecule has 4 nitrogen and oxygen atoms in total. The number of aliphatic carboxylic acids is 1. The van der Waals surface area contributed by atoms with Crippen LogP contribution >= 0.6 is 11.6 Å². The van der Waals surface area contributed by atoms with Crippen LogP contribution in [0.4, 0.5) is 0 Å². The maximum absolute atomic E-state index is 10.3. The van der Waals surface area contributed by atoms with Crippen LogP contribution in [-0.4, -0.2) is 23.2 Å². The lowest BCUT2D eigenvalue weighted by Crippen LogP contribution is -1.99. The molecule has 14 heavy (non-hydrogen) atoms. The first-order valence-corrected chi connectivity index (χ1v) is 4.41. The van der Waals surface area contributed by atoms with Gasteiger partial charge in [0.05, 0.1) is 13.5 Å². The minimum atomic E-state index is -0.847. The molecule has 76 valence electrons. The Morgan fingerprint density at radius 3 is 3.00 bits per heavy atom. The second kappa shape index (κ2) is 4.81. The van der Waals surface area contributed by atoms with Gasteiger partial charge < -0.3 is 9.84 Å². The summed E-state index contributed by atoms with van der Waals surface area (Å²) in [5.74, 6) is -0.331. The number of carboxylic acids is 1. The summed E-state index contributed by atoms with van der Waals surface area (Å²) in [6.45, 7) is 0. The number of halogens is 1. The van der Waals surface area contributed by atoms with Crippen molar-refractivity contribution >= 4 is 17.6 Å². The molecule has 0 aromatic carbocycles. The predicted octanol–water partition coefficient (Wildman–Crippen LogP) is 1.76. The summed E-state index contributed by atoms with van der Waals surface area (Å²) >= 11 is 5.76. The van der Waals surface area contributed by atoms with Gasteiger partial charge >= 0.3 is 5.97 Å². The SMILES string of the molecule is COc1cc(CCC(=O)O)ncc1Cl. The summed E-state index contributed by atoms with van der Waals surface area (Å²) in [5, 5.41) is 8.89. The Morgan fingerprint density at radius 1 is 1.71 bits per heavy atom. The first kappa shape index (κ1) is 10.8. The Bertz CT molecular complexity index is 341. The highest BCUT2D eigenvalue weighted by atomic mass is 35.5. The van der Waals surface area contributed by atoms with E-state index in [1.54, 1.807) is 6.07 Å². The number of aromatic nitrogens is 1. The zero-order valence-electron chi connectivity index (χ0n) is 7.66. The van der Waals surface area contributed by atoms with Crippen LogP contribution in [0.15, 0.2) is 12.3 Å². The van der Waals surface area contributed by atoms with Gasteiger partial charge in [-0.05, 0) is 0 Å². The van der Waals surface area contributed by atoms with E-state index in [1.807, 2.05) is 0 Å². The highest BCUT2D eigenvalue weighted by Gasteiger charge is 2.05. The minimum absolute atomic E-state index is 0.0534. The Morgan fingerprint density at radius 2 is 2.43 bits per heavy atom. The molecule has 0 spiro atoms. The number of hydrogen-bond acceptors (Lipinski definition) is 3. The zero-order chi connectivity index (χ0) is 10.6. The molecule has 1 N–H and O–H groups in total. The van der Waals surface area contributed by atoms with E-state index in [0.717, 1.165) is 0 Å². The average Bonchev–Trinajstić information content (AvgIpc) is 2.16. The molecule has 5 heteroatoms. The molecule has 0 atom stereocenters. The van der Waals surface area contributed by atoms with E-state index >= 15 is 0 Å². The van der Waals surface area contributed by atoms with Crippen LogP contribution in [0.1, 0.15) is 12.1 Å². The Labute approximate surface area is 86.5 Å². The lowest BCUT2D eigenvalue weighted by atomic mass is 10.2. The number of rotatable bonds is 4.